The average Bonchev–Trinajstić information content (AvgIpc) is 1.89. The summed E-state index contributed by atoms with van der Waals surface area (Å²) in [5.74, 6) is 0.894. The largest absolute Gasteiger partial charge is 0.0683 e. The second-order valence-corrected chi connectivity index (χ2v) is 4.28. The second-order valence-electron chi connectivity index (χ2n) is 4.28. The zero-order chi connectivity index (χ0) is 9.49. The van der Waals surface area contributed by atoms with E-state index in [0.29, 0.717) is 5.41 Å². The van der Waals surface area contributed by atoms with E-state index >= 15 is 0 Å². The van der Waals surface area contributed by atoms with Gasteiger partial charge in [-0.15, -0.1) is 0 Å². The van der Waals surface area contributed by atoms with Crippen LogP contribution in [-0.4, -0.2) is 0 Å². The monoisotopic (exact) mass is 158 g/mol. The molecule has 0 unspecified atom stereocenters. The van der Waals surface area contributed by atoms with Crippen LogP contribution in [0.5, 0.6) is 0 Å². The van der Waals surface area contributed by atoms with E-state index in [1.807, 2.05) is 13.8 Å². The van der Waals surface area contributed by atoms with Gasteiger partial charge in [0.05, 0.1) is 0 Å². The predicted molar refractivity (Wildman–Crippen MR) is 54.9 cm³/mol. The van der Waals surface area contributed by atoms with Crippen molar-refractivity contribution >= 4 is 0 Å². The third-order valence-electron chi connectivity index (χ3n) is 1.66. The first-order valence-electron chi connectivity index (χ1n) is 4.95. The molecule has 0 aromatic heterocycles. The Bertz CT molecular complexity index is 66.6. The summed E-state index contributed by atoms with van der Waals surface area (Å²) in [6.07, 6.45) is 2.67. The molecule has 0 aliphatic carbocycles. The zero-order valence-corrected chi connectivity index (χ0v) is 9.49. The molecule has 0 radical (unpaired) electrons. The van der Waals surface area contributed by atoms with E-state index in [9.17, 15) is 0 Å². The topological polar surface area (TPSA) is 0 Å². The first kappa shape index (κ1) is 13.6. The van der Waals surface area contributed by atoms with Gasteiger partial charge in [0.25, 0.3) is 0 Å². The van der Waals surface area contributed by atoms with Crippen LogP contribution < -0.4 is 0 Å². The Morgan fingerprint density at radius 2 is 1.45 bits per heavy atom. The van der Waals surface area contributed by atoms with Gasteiger partial charge in [-0.1, -0.05) is 54.9 Å². The van der Waals surface area contributed by atoms with Gasteiger partial charge in [0.1, 0.15) is 0 Å². The first-order valence-corrected chi connectivity index (χ1v) is 4.95. The van der Waals surface area contributed by atoms with Crippen molar-refractivity contribution in [2.75, 3.05) is 0 Å². The molecule has 0 saturated carbocycles. The quantitative estimate of drug-likeness (QED) is 0.555. The first-order chi connectivity index (χ1) is 4.95. The molecule has 0 saturated heterocycles. The Balaban J connectivity index is 0. The highest BCUT2D eigenvalue weighted by molar-refractivity contribution is 4.64. The van der Waals surface area contributed by atoms with E-state index < -0.39 is 0 Å². The zero-order valence-electron chi connectivity index (χ0n) is 9.49. The number of hydrogen-bond donors (Lipinski definition) is 0. The molecule has 1 atom stereocenters. The van der Waals surface area contributed by atoms with Gasteiger partial charge >= 0.3 is 0 Å². The third kappa shape index (κ3) is 13.1. The van der Waals surface area contributed by atoms with Crippen molar-refractivity contribution in [3.63, 3.8) is 0 Å². The van der Waals surface area contributed by atoms with Crippen LogP contribution in [0.4, 0.5) is 0 Å². The molecule has 0 nitrogen and oxygen atoms in total. The van der Waals surface area contributed by atoms with Crippen molar-refractivity contribution < 1.29 is 0 Å². The van der Waals surface area contributed by atoms with Crippen molar-refractivity contribution in [3.05, 3.63) is 0 Å². The van der Waals surface area contributed by atoms with Gasteiger partial charge < -0.3 is 0 Å². The van der Waals surface area contributed by atoms with Crippen LogP contribution in [-0.2, 0) is 0 Å². The highest BCUT2D eigenvalue weighted by Crippen LogP contribution is 2.25. The van der Waals surface area contributed by atoms with Gasteiger partial charge in [0.15, 0.2) is 0 Å². The van der Waals surface area contributed by atoms with E-state index in [1.165, 1.54) is 12.8 Å². The molecule has 0 fully saturated rings. The highest BCUT2D eigenvalue weighted by Gasteiger charge is 2.13. The maximum absolute atomic E-state index is 2.32. The van der Waals surface area contributed by atoms with Gasteiger partial charge in [0.2, 0.25) is 0 Å². The maximum atomic E-state index is 2.32. The van der Waals surface area contributed by atoms with Crippen molar-refractivity contribution in [3.8, 4) is 0 Å². The average molecular weight is 158 g/mol. The summed E-state index contributed by atoms with van der Waals surface area (Å²) >= 11 is 0. The fourth-order valence-electron chi connectivity index (χ4n) is 1.19. The van der Waals surface area contributed by atoms with Crippen molar-refractivity contribution in [2.24, 2.45) is 11.3 Å². The minimum atomic E-state index is 0.523. The number of rotatable bonds is 2. The maximum Gasteiger partial charge on any atom is -0.0380 e. The molecule has 0 rings (SSSR count). The van der Waals surface area contributed by atoms with Gasteiger partial charge in [-0.05, 0) is 17.8 Å². The van der Waals surface area contributed by atoms with E-state index in [0.717, 1.165) is 5.92 Å². The molecule has 0 heteroatoms. The summed E-state index contributed by atoms with van der Waals surface area (Å²) in [5, 5.41) is 0. The van der Waals surface area contributed by atoms with Gasteiger partial charge in [-0.3, -0.25) is 0 Å². The lowest BCUT2D eigenvalue weighted by molar-refractivity contribution is 0.302. The minimum Gasteiger partial charge on any atom is -0.0683 e. The molecular weight excluding hydrogens is 132 g/mol. The van der Waals surface area contributed by atoms with Crippen LogP contribution in [0, 0.1) is 11.3 Å². The molecule has 0 amide bonds. The molecule has 0 aliphatic rings. The Morgan fingerprint density at radius 1 is 1.09 bits per heavy atom. The molecule has 0 N–H and O–H groups in total. The normalized spacial score (nSPS) is 13.4. The fraction of sp³-hybridized carbons (Fsp3) is 1.00. The summed E-state index contributed by atoms with van der Waals surface area (Å²) in [4.78, 5) is 0. The number of hydrogen-bond acceptors (Lipinski definition) is 0. The van der Waals surface area contributed by atoms with Crippen LogP contribution in [0.25, 0.3) is 0 Å². The van der Waals surface area contributed by atoms with Crippen molar-refractivity contribution in [1.82, 2.24) is 0 Å². The molecule has 70 valence electrons. The van der Waals surface area contributed by atoms with Gasteiger partial charge in [-0.25, -0.2) is 0 Å². The second kappa shape index (κ2) is 6.69. The van der Waals surface area contributed by atoms with E-state index in [1.54, 1.807) is 0 Å². The van der Waals surface area contributed by atoms with Gasteiger partial charge in [0, 0.05) is 0 Å². The van der Waals surface area contributed by atoms with E-state index in [2.05, 4.69) is 34.6 Å². The summed E-state index contributed by atoms with van der Waals surface area (Å²) < 4.78 is 0. The predicted octanol–water partition coefficient (Wildman–Crippen LogP) is 4.49. The minimum absolute atomic E-state index is 0.523. The lowest BCUT2D eigenvalue weighted by Gasteiger charge is -2.21. The van der Waals surface area contributed by atoms with Crippen molar-refractivity contribution in [1.29, 1.82) is 0 Å². The Kier molecular flexibility index (Phi) is 8.26. The third-order valence-corrected chi connectivity index (χ3v) is 1.66. The highest BCUT2D eigenvalue weighted by atomic mass is 14.2. The van der Waals surface area contributed by atoms with Gasteiger partial charge in [-0.2, -0.15) is 0 Å². The molecular formula is C11H26. The SMILES string of the molecule is CC.CC[C@@H](C)CC(C)(C)C. The molecule has 0 aliphatic heterocycles. The Labute approximate surface area is 73.4 Å². The van der Waals surface area contributed by atoms with E-state index in [4.69, 9.17) is 0 Å². The Hall–Kier alpha value is 0. The van der Waals surface area contributed by atoms with Crippen molar-refractivity contribution in [2.45, 2.75) is 61.3 Å². The molecule has 11 heavy (non-hydrogen) atoms. The molecule has 0 bridgehead atoms. The fourth-order valence-corrected chi connectivity index (χ4v) is 1.19. The standard InChI is InChI=1S/C9H20.C2H6/c1-6-8(2)7-9(3,4)5;1-2/h8H,6-7H2,1-5H3;1-2H3/t8-;/m1./s1. The van der Waals surface area contributed by atoms with Crippen LogP contribution in [0.1, 0.15) is 61.3 Å². The summed E-state index contributed by atoms with van der Waals surface area (Å²) in [7, 11) is 0. The van der Waals surface area contributed by atoms with Crippen LogP contribution in [0.2, 0.25) is 0 Å². The summed E-state index contributed by atoms with van der Waals surface area (Å²) in [6.45, 7) is 15.5. The van der Waals surface area contributed by atoms with E-state index in [-0.39, 0.29) is 0 Å². The molecule has 0 heterocycles. The lowest BCUT2D eigenvalue weighted by atomic mass is 9.84. The molecule has 0 aromatic carbocycles. The molecule has 0 aromatic rings. The summed E-state index contributed by atoms with van der Waals surface area (Å²) in [5.41, 5.74) is 0.523. The van der Waals surface area contributed by atoms with Crippen LogP contribution >= 0.6 is 0 Å². The van der Waals surface area contributed by atoms with Crippen LogP contribution in [0.3, 0.4) is 0 Å². The summed E-state index contributed by atoms with van der Waals surface area (Å²) in [6, 6.07) is 0. The molecule has 0 spiro atoms. The Morgan fingerprint density at radius 3 is 1.55 bits per heavy atom. The lowest BCUT2D eigenvalue weighted by Crippen LogP contribution is -2.09. The van der Waals surface area contributed by atoms with Crippen LogP contribution in [0.15, 0.2) is 0 Å². The smallest absolute Gasteiger partial charge is 0.0380 e.